The molecule has 2 aromatic carbocycles. The van der Waals surface area contributed by atoms with Gasteiger partial charge in [-0.2, -0.15) is 0 Å². The molecule has 142 valence electrons. The molecule has 0 spiro atoms. The Labute approximate surface area is 161 Å². The summed E-state index contributed by atoms with van der Waals surface area (Å²) >= 11 is 0. The molecular weight excluding hydrogens is 338 g/mol. The van der Waals surface area contributed by atoms with Gasteiger partial charge in [-0.3, -0.25) is 4.79 Å². The summed E-state index contributed by atoms with van der Waals surface area (Å²) in [7, 11) is 0. The molecule has 1 N–H and O–H groups in total. The second kappa shape index (κ2) is 10.4. The molecule has 0 aliphatic heterocycles. The van der Waals surface area contributed by atoms with Gasteiger partial charge in [-0.25, -0.2) is 0 Å². The lowest BCUT2D eigenvalue weighted by Crippen LogP contribution is -2.24. The van der Waals surface area contributed by atoms with Crippen molar-refractivity contribution in [3.63, 3.8) is 0 Å². The fraction of sp³-hybridized carbons (Fsp3) is 0.348. The number of nitrogens with one attached hydrogen (secondary N) is 1. The van der Waals surface area contributed by atoms with Crippen LogP contribution in [-0.2, 0) is 0 Å². The zero-order valence-electron chi connectivity index (χ0n) is 15.7. The molecule has 27 heavy (non-hydrogen) atoms. The Hall–Kier alpha value is -2.75. The van der Waals surface area contributed by atoms with Crippen molar-refractivity contribution in [2.45, 2.75) is 32.1 Å². The molecule has 0 fully saturated rings. The quantitative estimate of drug-likeness (QED) is 0.515. The van der Waals surface area contributed by atoms with Crippen molar-refractivity contribution in [1.29, 1.82) is 0 Å². The van der Waals surface area contributed by atoms with Gasteiger partial charge < -0.3 is 14.8 Å². The van der Waals surface area contributed by atoms with Crippen LogP contribution in [0.5, 0.6) is 11.5 Å². The van der Waals surface area contributed by atoms with Crippen LogP contribution in [0.15, 0.2) is 66.2 Å². The van der Waals surface area contributed by atoms with Crippen molar-refractivity contribution in [3.05, 3.63) is 71.8 Å². The predicted octanol–water partition coefficient (Wildman–Crippen LogP) is 4.76. The number of benzene rings is 2. The van der Waals surface area contributed by atoms with Gasteiger partial charge in [0, 0.05) is 12.1 Å². The highest BCUT2D eigenvalue weighted by molar-refractivity contribution is 5.94. The van der Waals surface area contributed by atoms with E-state index in [0.717, 1.165) is 17.9 Å². The van der Waals surface area contributed by atoms with Crippen LogP contribution < -0.4 is 14.8 Å². The minimum Gasteiger partial charge on any atom is -0.490 e. The van der Waals surface area contributed by atoms with E-state index < -0.39 is 0 Å². The lowest BCUT2D eigenvalue weighted by atomic mass is 9.97. The number of para-hydroxylation sites is 1. The molecule has 0 heterocycles. The van der Waals surface area contributed by atoms with Crippen molar-refractivity contribution >= 4 is 5.91 Å². The molecule has 0 saturated carbocycles. The minimum absolute atomic E-state index is 0.0367. The summed E-state index contributed by atoms with van der Waals surface area (Å²) in [4.78, 5) is 12.2. The van der Waals surface area contributed by atoms with E-state index in [1.165, 1.54) is 31.3 Å². The zero-order chi connectivity index (χ0) is 18.7. The van der Waals surface area contributed by atoms with Crippen LogP contribution >= 0.6 is 0 Å². The second-order valence-corrected chi connectivity index (χ2v) is 6.65. The molecule has 1 amide bonds. The summed E-state index contributed by atoms with van der Waals surface area (Å²) in [5.41, 5.74) is 2.13. The SMILES string of the molecule is O=C(NCCC1=CCCCC1)c1ccc(OCCOc2ccccc2)cc1. The number of rotatable bonds is 9. The first-order valence-corrected chi connectivity index (χ1v) is 9.68. The Morgan fingerprint density at radius 3 is 2.26 bits per heavy atom. The number of ether oxygens (including phenoxy) is 2. The first-order valence-electron chi connectivity index (χ1n) is 9.68. The van der Waals surface area contributed by atoms with Gasteiger partial charge in [-0.05, 0) is 68.5 Å². The molecule has 0 atom stereocenters. The Kier molecular flexibility index (Phi) is 7.34. The second-order valence-electron chi connectivity index (χ2n) is 6.65. The third-order valence-electron chi connectivity index (χ3n) is 4.60. The van der Waals surface area contributed by atoms with Crippen LogP contribution in [0, 0.1) is 0 Å². The van der Waals surface area contributed by atoms with Gasteiger partial charge in [-0.15, -0.1) is 0 Å². The monoisotopic (exact) mass is 365 g/mol. The van der Waals surface area contributed by atoms with E-state index >= 15 is 0 Å². The third kappa shape index (κ3) is 6.48. The Morgan fingerprint density at radius 2 is 1.59 bits per heavy atom. The number of hydrogen-bond donors (Lipinski definition) is 1. The normalized spacial score (nSPS) is 13.6. The first kappa shape index (κ1) is 19.0. The van der Waals surface area contributed by atoms with Crippen LogP contribution in [0.2, 0.25) is 0 Å². The summed E-state index contributed by atoms with van der Waals surface area (Å²) in [6, 6.07) is 16.9. The molecule has 4 nitrogen and oxygen atoms in total. The van der Waals surface area contributed by atoms with Crippen molar-refractivity contribution in [3.8, 4) is 11.5 Å². The Balaban J connectivity index is 1.36. The average Bonchev–Trinajstić information content (AvgIpc) is 2.73. The molecule has 4 heteroatoms. The number of amides is 1. The highest BCUT2D eigenvalue weighted by atomic mass is 16.5. The fourth-order valence-electron chi connectivity index (χ4n) is 3.11. The van der Waals surface area contributed by atoms with Gasteiger partial charge in [0.05, 0.1) is 0 Å². The van der Waals surface area contributed by atoms with Crippen LogP contribution in [0.1, 0.15) is 42.5 Å². The van der Waals surface area contributed by atoms with Crippen LogP contribution in [0.4, 0.5) is 0 Å². The standard InChI is InChI=1S/C23H27NO3/c25-23(24-16-15-19-7-3-1-4-8-19)20-11-13-22(14-12-20)27-18-17-26-21-9-5-2-6-10-21/h2,5-7,9-14H,1,3-4,8,15-18H2,(H,24,25). The summed E-state index contributed by atoms with van der Waals surface area (Å²) in [5, 5.41) is 3.00. The van der Waals surface area contributed by atoms with E-state index in [9.17, 15) is 4.79 Å². The lowest BCUT2D eigenvalue weighted by molar-refractivity contribution is 0.0954. The van der Waals surface area contributed by atoms with Gasteiger partial charge in [0.2, 0.25) is 0 Å². The topological polar surface area (TPSA) is 47.6 Å². The Morgan fingerprint density at radius 1 is 0.889 bits per heavy atom. The highest BCUT2D eigenvalue weighted by Crippen LogP contribution is 2.19. The molecule has 3 rings (SSSR count). The molecule has 0 radical (unpaired) electrons. The maximum Gasteiger partial charge on any atom is 0.251 e. The Bertz CT molecular complexity index is 738. The molecular formula is C23H27NO3. The molecule has 0 unspecified atom stereocenters. The molecule has 0 bridgehead atoms. The zero-order valence-corrected chi connectivity index (χ0v) is 15.7. The number of carbonyl (C=O) groups excluding carboxylic acids is 1. The molecule has 1 aliphatic rings. The van der Waals surface area contributed by atoms with Gasteiger partial charge in [0.25, 0.3) is 5.91 Å². The van der Waals surface area contributed by atoms with Crippen LogP contribution in [0.25, 0.3) is 0 Å². The molecule has 1 aliphatic carbocycles. The smallest absolute Gasteiger partial charge is 0.251 e. The van der Waals surface area contributed by atoms with E-state index in [-0.39, 0.29) is 5.91 Å². The minimum atomic E-state index is -0.0367. The van der Waals surface area contributed by atoms with Crippen LogP contribution in [-0.4, -0.2) is 25.7 Å². The number of allylic oxidation sites excluding steroid dienone is 1. The fourth-order valence-corrected chi connectivity index (χ4v) is 3.11. The maximum atomic E-state index is 12.2. The number of hydrogen-bond acceptors (Lipinski definition) is 3. The highest BCUT2D eigenvalue weighted by Gasteiger charge is 2.07. The van der Waals surface area contributed by atoms with Gasteiger partial charge in [-0.1, -0.05) is 29.8 Å². The number of carbonyl (C=O) groups is 1. The van der Waals surface area contributed by atoms with E-state index in [1.54, 1.807) is 12.1 Å². The van der Waals surface area contributed by atoms with Gasteiger partial charge in [0.1, 0.15) is 24.7 Å². The summed E-state index contributed by atoms with van der Waals surface area (Å²) in [5.74, 6) is 1.53. The molecule has 2 aromatic rings. The van der Waals surface area contributed by atoms with E-state index in [4.69, 9.17) is 9.47 Å². The van der Waals surface area contributed by atoms with Gasteiger partial charge in [0.15, 0.2) is 0 Å². The predicted molar refractivity (Wildman–Crippen MR) is 107 cm³/mol. The summed E-state index contributed by atoms with van der Waals surface area (Å²) in [6.07, 6.45) is 8.20. The lowest BCUT2D eigenvalue weighted by Gasteiger charge is -2.13. The first-order chi connectivity index (χ1) is 13.3. The van der Waals surface area contributed by atoms with Crippen LogP contribution in [0.3, 0.4) is 0 Å². The average molecular weight is 365 g/mol. The van der Waals surface area contributed by atoms with E-state index in [1.807, 2.05) is 42.5 Å². The van der Waals surface area contributed by atoms with Crippen molar-refractivity contribution < 1.29 is 14.3 Å². The van der Waals surface area contributed by atoms with Crippen molar-refractivity contribution in [2.75, 3.05) is 19.8 Å². The van der Waals surface area contributed by atoms with E-state index in [2.05, 4.69) is 11.4 Å². The van der Waals surface area contributed by atoms with Gasteiger partial charge >= 0.3 is 0 Å². The molecule has 0 aromatic heterocycles. The summed E-state index contributed by atoms with van der Waals surface area (Å²) in [6.45, 7) is 1.62. The van der Waals surface area contributed by atoms with Crippen molar-refractivity contribution in [2.24, 2.45) is 0 Å². The third-order valence-corrected chi connectivity index (χ3v) is 4.60. The largest absolute Gasteiger partial charge is 0.490 e. The van der Waals surface area contributed by atoms with Crippen molar-refractivity contribution in [1.82, 2.24) is 5.32 Å². The van der Waals surface area contributed by atoms with E-state index in [0.29, 0.717) is 25.3 Å². The molecule has 0 saturated heterocycles. The summed E-state index contributed by atoms with van der Waals surface area (Å²) < 4.78 is 11.2. The maximum absolute atomic E-state index is 12.2.